The van der Waals surface area contributed by atoms with E-state index in [-0.39, 0.29) is 11.3 Å². The van der Waals surface area contributed by atoms with Crippen molar-refractivity contribution in [3.05, 3.63) is 98.0 Å². The zero-order valence-corrected chi connectivity index (χ0v) is 20.8. The lowest BCUT2D eigenvalue weighted by atomic mass is 9.98. The van der Waals surface area contributed by atoms with Gasteiger partial charge in [-0.1, -0.05) is 51.3 Å². The number of rotatable bonds is 6. The van der Waals surface area contributed by atoms with E-state index in [1.165, 1.54) is 25.3 Å². The van der Waals surface area contributed by atoms with E-state index in [2.05, 4.69) is 39.4 Å². The number of amides is 1. The van der Waals surface area contributed by atoms with Crippen molar-refractivity contribution in [2.45, 2.75) is 26.4 Å². The Labute approximate surface area is 210 Å². The standard InChI is InChI=1S/C27H22BrF3N2O2/c1-16-7-17(2)9-18(8-16)11-23-24(28)12-19(13-25(23)35-3)10-20(15-32)26(34)33-22-6-4-5-21(14-22)27(29,30)31/h4-10,12-14H,11H2,1-3H3,(H,33,34)/b20-10+. The maximum atomic E-state index is 12.9. The predicted octanol–water partition coefficient (Wildman–Crippen LogP) is 7.23. The van der Waals surface area contributed by atoms with Crippen LogP contribution in [0, 0.1) is 25.2 Å². The summed E-state index contributed by atoms with van der Waals surface area (Å²) in [5.41, 5.74) is 3.62. The molecule has 0 aliphatic heterocycles. The Bertz CT molecular complexity index is 1320. The molecule has 0 aliphatic rings. The molecule has 180 valence electrons. The number of nitrogens with zero attached hydrogens (tertiary/aromatic N) is 1. The summed E-state index contributed by atoms with van der Waals surface area (Å²) in [5, 5.41) is 11.9. The van der Waals surface area contributed by atoms with Gasteiger partial charge in [0.1, 0.15) is 17.4 Å². The number of alkyl halides is 3. The van der Waals surface area contributed by atoms with Crippen molar-refractivity contribution in [3.8, 4) is 11.8 Å². The third-order valence-corrected chi connectivity index (χ3v) is 5.89. The van der Waals surface area contributed by atoms with Crippen LogP contribution in [0.1, 0.15) is 33.4 Å². The number of aryl methyl sites for hydroxylation is 2. The fourth-order valence-electron chi connectivity index (χ4n) is 3.73. The first kappa shape index (κ1) is 26.0. The molecule has 0 spiro atoms. The molecule has 3 aromatic rings. The van der Waals surface area contributed by atoms with E-state index in [4.69, 9.17) is 4.74 Å². The second kappa shape index (κ2) is 10.8. The molecule has 0 bridgehead atoms. The van der Waals surface area contributed by atoms with Crippen molar-refractivity contribution in [3.63, 3.8) is 0 Å². The van der Waals surface area contributed by atoms with Crippen LogP contribution in [-0.4, -0.2) is 13.0 Å². The first-order valence-corrected chi connectivity index (χ1v) is 11.3. The largest absolute Gasteiger partial charge is 0.496 e. The van der Waals surface area contributed by atoms with E-state index in [0.29, 0.717) is 17.7 Å². The highest BCUT2D eigenvalue weighted by atomic mass is 79.9. The van der Waals surface area contributed by atoms with E-state index in [0.717, 1.165) is 38.9 Å². The fraction of sp³-hybridized carbons (Fsp3) is 0.185. The van der Waals surface area contributed by atoms with Gasteiger partial charge in [0.25, 0.3) is 5.91 Å². The number of halogens is 4. The number of nitrogens with one attached hydrogen (secondary N) is 1. The average Bonchev–Trinajstić information content (AvgIpc) is 2.77. The van der Waals surface area contributed by atoms with Gasteiger partial charge in [-0.2, -0.15) is 18.4 Å². The summed E-state index contributed by atoms with van der Waals surface area (Å²) < 4.78 is 45.1. The molecule has 0 saturated heterocycles. The summed E-state index contributed by atoms with van der Waals surface area (Å²) in [5.74, 6) is -0.249. The lowest BCUT2D eigenvalue weighted by molar-refractivity contribution is -0.137. The molecular formula is C27H22BrF3N2O2. The molecule has 0 fully saturated rings. The Morgan fingerprint density at radius 2 is 1.80 bits per heavy atom. The highest BCUT2D eigenvalue weighted by Gasteiger charge is 2.30. The molecule has 0 aromatic heterocycles. The molecule has 8 heteroatoms. The molecule has 3 aromatic carbocycles. The van der Waals surface area contributed by atoms with Gasteiger partial charge in [-0.3, -0.25) is 4.79 Å². The summed E-state index contributed by atoms with van der Waals surface area (Å²) in [6, 6.07) is 15.8. The maximum Gasteiger partial charge on any atom is 0.416 e. The second-order valence-corrected chi connectivity index (χ2v) is 8.91. The molecule has 0 heterocycles. The van der Waals surface area contributed by atoms with Crippen molar-refractivity contribution in [2.75, 3.05) is 12.4 Å². The Hall–Kier alpha value is -3.57. The highest BCUT2D eigenvalue weighted by Crippen LogP contribution is 2.33. The number of hydrogen-bond donors (Lipinski definition) is 1. The Morgan fingerprint density at radius 1 is 1.11 bits per heavy atom. The van der Waals surface area contributed by atoms with Crippen LogP contribution in [0.25, 0.3) is 6.08 Å². The van der Waals surface area contributed by atoms with E-state index in [9.17, 15) is 23.2 Å². The quantitative estimate of drug-likeness (QED) is 0.264. The van der Waals surface area contributed by atoms with E-state index >= 15 is 0 Å². The van der Waals surface area contributed by atoms with Gasteiger partial charge in [-0.05, 0) is 61.4 Å². The molecule has 1 N–H and O–H groups in total. The molecule has 0 radical (unpaired) electrons. The predicted molar refractivity (Wildman–Crippen MR) is 133 cm³/mol. The highest BCUT2D eigenvalue weighted by molar-refractivity contribution is 9.10. The number of nitriles is 1. The number of benzene rings is 3. The number of carbonyl (C=O) groups is 1. The molecular weight excluding hydrogens is 521 g/mol. The topological polar surface area (TPSA) is 62.1 Å². The number of ether oxygens (including phenoxy) is 1. The van der Waals surface area contributed by atoms with Gasteiger partial charge in [-0.15, -0.1) is 0 Å². The molecule has 0 saturated carbocycles. The minimum atomic E-state index is -4.55. The minimum Gasteiger partial charge on any atom is -0.496 e. The van der Waals surface area contributed by atoms with Crippen molar-refractivity contribution >= 4 is 33.6 Å². The van der Waals surface area contributed by atoms with Crippen LogP contribution in [0.5, 0.6) is 5.75 Å². The van der Waals surface area contributed by atoms with Crippen LogP contribution in [0.4, 0.5) is 18.9 Å². The van der Waals surface area contributed by atoms with Crippen LogP contribution in [0.15, 0.2) is 64.6 Å². The van der Waals surface area contributed by atoms with Gasteiger partial charge >= 0.3 is 6.18 Å². The summed E-state index contributed by atoms with van der Waals surface area (Å²) >= 11 is 3.56. The normalized spacial score (nSPS) is 11.7. The number of hydrogen-bond acceptors (Lipinski definition) is 3. The lowest BCUT2D eigenvalue weighted by Gasteiger charge is -2.14. The van der Waals surface area contributed by atoms with Crippen molar-refractivity contribution in [2.24, 2.45) is 0 Å². The molecule has 3 rings (SSSR count). The molecule has 0 unspecified atom stereocenters. The Morgan fingerprint density at radius 3 is 2.40 bits per heavy atom. The number of methoxy groups -OCH3 is 1. The summed E-state index contributed by atoms with van der Waals surface area (Å²) in [7, 11) is 1.53. The van der Waals surface area contributed by atoms with Crippen LogP contribution in [0.3, 0.4) is 0 Å². The van der Waals surface area contributed by atoms with Gasteiger partial charge < -0.3 is 10.1 Å². The van der Waals surface area contributed by atoms with Crippen molar-refractivity contribution < 1.29 is 22.7 Å². The molecule has 0 aliphatic carbocycles. The van der Waals surface area contributed by atoms with E-state index < -0.39 is 17.6 Å². The zero-order valence-electron chi connectivity index (χ0n) is 19.3. The van der Waals surface area contributed by atoms with Crippen LogP contribution in [-0.2, 0) is 17.4 Å². The third-order valence-electron chi connectivity index (χ3n) is 5.18. The first-order valence-electron chi connectivity index (χ1n) is 10.5. The van der Waals surface area contributed by atoms with Gasteiger partial charge in [0, 0.05) is 22.1 Å². The van der Waals surface area contributed by atoms with Crippen LogP contribution in [0.2, 0.25) is 0 Å². The van der Waals surface area contributed by atoms with Crippen molar-refractivity contribution in [1.82, 2.24) is 0 Å². The fourth-order valence-corrected chi connectivity index (χ4v) is 4.33. The minimum absolute atomic E-state index is 0.0615. The molecule has 1 amide bonds. The maximum absolute atomic E-state index is 12.9. The molecule has 0 atom stereocenters. The van der Waals surface area contributed by atoms with Crippen molar-refractivity contribution in [1.29, 1.82) is 5.26 Å². The van der Waals surface area contributed by atoms with Gasteiger partial charge in [0.15, 0.2) is 0 Å². The molecule has 35 heavy (non-hydrogen) atoms. The van der Waals surface area contributed by atoms with Crippen LogP contribution < -0.4 is 10.1 Å². The van der Waals surface area contributed by atoms with E-state index in [1.807, 2.05) is 19.9 Å². The van der Waals surface area contributed by atoms with Gasteiger partial charge in [0.2, 0.25) is 0 Å². The summed E-state index contributed by atoms with van der Waals surface area (Å²) in [6.45, 7) is 4.06. The Balaban J connectivity index is 1.89. The summed E-state index contributed by atoms with van der Waals surface area (Å²) in [4.78, 5) is 12.6. The number of anilines is 1. The lowest BCUT2D eigenvalue weighted by Crippen LogP contribution is -2.14. The van der Waals surface area contributed by atoms with Crippen LogP contribution >= 0.6 is 15.9 Å². The summed E-state index contributed by atoms with van der Waals surface area (Å²) in [6.07, 6.45) is -2.58. The second-order valence-electron chi connectivity index (χ2n) is 8.06. The average molecular weight is 543 g/mol. The smallest absolute Gasteiger partial charge is 0.416 e. The first-order chi connectivity index (χ1) is 16.5. The SMILES string of the molecule is COc1cc(/C=C(\C#N)C(=O)Nc2cccc(C(F)(F)F)c2)cc(Br)c1Cc1cc(C)cc(C)c1. The van der Waals surface area contributed by atoms with Gasteiger partial charge in [0.05, 0.1) is 12.7 Å². The zero-order chi connectivity index (χ0) is 25.8. The monoisotopic (exact) mass is 542 g/mol. The van der Waals surface area contributed by atoms with E-state index in [1.54, 1.807) is 12.1 Å². The Kier molecular flexibility index (Phi) is 8.03. The van der Waals surface area contributed by atoms with Gasteiger partial charge in [-0.25, -0.2) is 0 Å². The number of carbonyl (C=O) groups excluding carboxylic acids is 1. The molecule has 4 nitrogen and oxygen atoms in total. The third kappa shape index (κ3) is 6.74.